The molecule has 0 aliphatic rings. The lowest BCUT2D eigenvalue weighted by Crippen LogP contribution is -2.18. The van der Waals surface area contributed by atoms with Gasteiger partial charge < -0.3 is 14.8 Å². The van der Waals surface area contributed by atoms with Gasteiger partial charge in [0, 0.05) is 40.4 Å². The van der Waals surface area contributed by atoms with Crippen molar-refractivity contribution in [2.45, 2.75) is 20.0 Å². The molecular weight excluding hydrogens is 240 g/mol. The maximum absolute atomic E-state index is 4.38. The summed E-state index contributed by atoms with van der Waals surface area (Å²) < 4.78 is 2.08. The molecule has 0 atom stereocenters. The van der Waals surface area contributed by atoms with Crippen LogP contribution in [-0.2, 0) is 20.1 Å². The molecule has 0 radical (unpaired) electrons. The Morgan fingerprint density at radius 3 is 2.68 bits per heavy atom. The van der Waals surface area contributed by atoms with Crippen molar-refractivity contribution in [3.05, 3.63) is 35.7 Å². The average Bonchev–Trinajstić information content (AvgIpc) is 2.71. The summed E-state index contributed by atoms with van der Waals surface area (Å²) in [6.45, 7) is 3.39. The minimum atomic E-state index is 0.728. The molecule has 0 bridgehead atoms. The van der Waals surface area contributed by atoms with Crippen LogP contribution in [-0.4, -0.2) is 33.6 Å². The number of nitrogens with zero attached hydrogens (tertiary/aromatic N) is 5. The number of aryl methyl sites for hydroxylation is 1. The van der Waals surface area contributed by atoms with Crippen LogP contribution in [0.1, 0.15) is 17.2 Å². The molecule has 2 rings (SSSR count). The topological polar surface area (TPSA) is 58.9 Å². The Balaban J connectivity index is 1.93. The molecule has 0 unspecified atom stereocenters. The van der Waals surface area contributed by atoms with E-state index in [0.29, 0.717) is 0 Å². The van der Waals surface area contributed by atoms with Crippen LogP contribution in [0.2, 0.25) is 0 Å². The second kappa shape index (κ2) is 5.79. The number of hydrogen-bond acceptors (Lipinski definition) is 5. The van der Waals surface area contributed by atoms with Gasteiger partial charge in [0.15, 0.2) is 0 Å². The Kier molecular flexibility index (Phi) is 4.11. The molecule has 102 valence electrons. The second-order valence-electron chi connectivity index (χ2n) is 4.70. The van der Waals surface area contributed by atoms with E-state index in [1.165, 1.54) is 0 Å². The zero-order valence-electron chi connectivity index (χ0n) is 11.9. The number of aromatic nitrogens is 4. The van der Waals surface area contributed by atoms with Gasteiger partial charge in [-0.1, -0.05) is 0 Å². The lowest BCUT2D eigenvalue weighted by Gasteiger charge is -2.12. The zero-order chi connectivity index (χ0) is 13.8. The molecule has 0 amide bonds. The van der Waals surface area contributed by atoms with E-state index >= 15 is 0 Å². The fraction of sp³-hybridized carbons (Fsp3) is 0.462. The summed E-state index contributed by atoms with van der Waals surface area (Å²) in [5.74, 6) is 1.75. The maximum atomic E-state index is 4.38. The zero-order valence-corrected chi connectivity index (χ0v) is 11.9. The van der Waals surface area contributed by atoms with E-state index < -0.39 is 0 Å². The summed E-state index contributed by atoms with van der Waals surface area (Å²) in [7, 11) is 6.00. The molecule has 0 saturated heterocycles. The van der Waals surface area contributed by atoms with Crippen molar-refractivity contribution in [3.8, 4) is 0 Å². The van der Waals surface area contributed by atoms with Crippen LogP contribution in [0.5, 0.6) is 0 Å². The summed E-state index contributed by atoms with van der Waals surface area (Å²) in [5.41, 5.74) is 2.15. The van der Waals surface area contributed by atoms with Crippen molar-refractivity contribution >= 4 is 5.95 Å². The molecule has 0 aliphatic heterocycles. The van der Waals surface area contributed by atoms with Crippen LogP contribution in [0.3, 0.4) is 0 Å². The molecule has 0 saturated carbocycles. The van der Waals surface area contributed by atoms with Crippen molar-refractivity contribution in [1.82, 2.24) is 24.8 Å². The van der Waals surface area contributed by atoms with Crippen molar-refractivity contribution in [2.75, 3.05) is 19.0 Å². The summed E-state index contributed by atoms with van der Waals surface area (Å²) in [4.78, 5) is 14.8. The van der Waals surface area contributed by atoms with E-state index in [4.69, 9.17) is 0 Å². The van der Waals surface area contributed by atoms with Crippen LogP contribution < -0.4 is 10.2 Å². The van der Waals surface area contributed by atoms with Gasteiger partial charge in [0.2, 0.25) is 5.95 Å². The van der Waals surface area contributed by atoms with Gasteiger partial charge in [-0.25, -0.2) is 15.0 Å². The first-order chi connectivity index (χ1) is 9.08. The summed E-state index contributed by atoms with van der Waals surface area (Å²) in [6.07, 6.45) is 3.68. The molecular formula is C13H20N6. The Bertz CT molecular complexity index is 546. The average molecular weight is 260 g/mol. The van der Waals surface area contributed by atoms with E-state index in [2.05, 4.69) is 24.8 Å². The molecule has 1 N–H and O–H groups in total. The number of anilines is 1. The lowest BCUT2D eigenvalue weighted by molar-refractivity contribution is 0.642. The Hall–Kier alpha value is -1.95. The van der Waals surface area contributed by atoms with Gasteiger partial charge in [-0.3, -0.25) is 0 Å². The van der Waals surface area contributed by atoms with Gasteiger partial charge in [0.1, 0.15) is 5.82 Å². The highest BCUT2D eigenvalue weighted by Crippen LogP contribution is 2.10. The standard InChI is InChI=1S/C13H20N6/c1-10-15-6-5-11(17-10)7-14-8-12-9-16-13(18(2)3)19(12)4/h5-6,9,14H,7-8H2,1-4H3. The molecule has 0 aliphatic carbocycles. The van der Waals surface area contributed by atoms with Crippen molar-refractivity contribution in [2.24, 2.45) is 7.05 Å². The molecule has 6 heteroatoms. The summed E-state index contributed by atoms with van der Waals surface area (Å²) in [6, 6.07) is 1.93. The van der Waals surface area contributed by atoms with Crippen LogP contribution in [0.15, 0.2) is 18.5 Å². The molecule has 0 fully saturated rings. The lowest BCUT2D eigenvalue weighted by atomic mass is 10.3. The highest BCUT2D eigenvalue weighted by atomic mass is 15.3. The van der Waals surface area contributed by atoms with Crippen LogP contribution in [0.4, 0.5) is 5.95 Å². The molecule has 19 heavy (non-hydrogen) atoms. The van der Waals surface area contributed by atoms with Crippen molar-refractivity contribution in [1.29, 1.82) is 0 Å². The van der Waals surface area contributed by atoms with E-state index in [1.54, 1.807) is 6.20 Å². The van der Waals surface area contributed by atoms with Crippen molar-refractivity contribution < 1.29 is 0 Å². The fourth-order valence-corrected chi connectivity index (χ4v) is 1.94. The molecule has 6 nitrogen and oxygen atoms in total. The molecule has 2 heterocycles. The molecule has 2 aromatic rings. The monoisotopic (exact) mass is 260 g/mol. The Morgan fingerprint density at radius 2 is 2.05 bits per heavy atom. The van der Waals surface area contributed by atoms with Gasteiger partial charge in [-0.15, -0.1) is 0 Å². The second-order valence-corrected chi connectivity index (χ2v) is 4.70. The van der Waals surface area contributed by atoms with E-state index in [1.807, 2.05) is 45.2 Å². The largest absolute Gasteiger partial charge is 0.348 e. The summed E-state index contributed by atoms with van der Waals surface area (Å²) in [5, 5.41) is 3.37. The van der Waals surface area contributed by atoms with Gasteiger partial charge >= 0.3 is 0 Å². The molecule has 2 aromatic heterocycles. The molecule has 0 spiro atoms. The molecule has 0 aromatic carbocycles. The third-order valence-electron chi connectivity index (χ3n) is 2.91. The van der Waals surface area contributed by atoms with Gasteiger partial charge in [-0.2, -0.15) is 0 Å². The predicted octanol–water partition coefficient (Wildman–Crippen LogP) is 0.874. The van der Waals surface area contributed by atoms with E-state index in [9.17, 15) is 0 Å². The van der Waals surface area contributed by atoms with Gasteiger partial charge in [0.25, 0.3) is 0 Å². The SMILES string of the molecule is Cc1nccc(CNCc2cnc(N(C)C)n2C)n1. The van der Waals surface area contributed by atoms with Gasteiger partial charge in [-0.05, 0) is 13.0 Å². The normalized spacial score (nSPS) is 10.7. The van der Waals surface area contributed by atoms with Crippen LogP contribution in [0, 0.1) is 6.92 Å². The first-order valence-electron chi connectivity index (χ1n) is 6.25. The van der Waals surface area contributed by atoms with E-state index in [0.717, 1.165) is 36.3 Å². The maximum Gasteiger partial charge on any atom is 0.204 e. The quantitative estimate of drug-likeness (QED) is 0.864. The minimum Gasteiger partial charge on any atom is -0.348 e. The minimum absolute atomic E-state index is 0.728. The van der Waals surface area contributed by atoms with Crippen LogP contribution >= 0.6 is 0 Å². The van der Waals surface area contributed by atoms with Crippen molar-refractivity contribution in [3.63, 3.8) is 0 Å². The van der Waals surface area contributed by atoms with Crippen LogP contribution in [0.25, 0.3) is 0 Å². The number of rotatable bonds is 5. The smallest absolute Gasteiger partial charge is 0.204 e. The summed E-state index contributed by atoms with van der Waals surface area (Å²) >= 11 is 0. The van der Waals surface area contributed by atoms with E-state index in [-0.39, 0.29) is 0 Å². The fourth-order valence-electron chi connectivity index (χ4n) is 1.94. The number of imidazole rings is 1. The predicted molar refractivity (Wildman–Crippen MR) is 74.8 cm³/mol. The van der Waals surface area contributed by atoms with Gasteiger partial charge in [0.05, 0.1) is 17.6 Å². The highest BCUT2D eigenvalue weighted by Gasteiger charge is 2.07. The number of hydrogen-bond donors (Lipinski definition) is 1. The highest BCUT2D eigenvalue weighted by molar-refractivity contribution is 5.30. The number of nitrogens with one attached hydrogen (secondary N) is 1. The first-order valence-corrected chi connectivity index (χ1v) is 6.25. The first kappa shape index (κ1) is 13.5. The Morgan fingerprint density at radius 1 is 1.26 bits per heavy atom. The third kappa shape index (κ3) is 3.29. The third-order valence-corrected chi connectivity index (χ3v) is 2.91. The Labute approximate surface area is 113 Å².